The largest absolute Gasteiger partial charge is 0.491 e. The first-order valence-electron chi connectivity index (χ1n) is 12.1. The number of hydrogen-bond donors (Lipinski definition) is 0. The number of thioether (sulfide) groups is 1. The molecule has 0 atom stereocenters. The summed E-state index contributed by atoms with van der Waals surface area (Å²) in [6.07, 6.45) is 1.57. The number of halogens is 2. The van der Waals surface area contributed by atoms with E-state index in [1.807, 2.05) is 54.6 Å². The lowest BCUT2D eigenvalue weighted by Crippen LogP contribution is -2.32. The van der Waals surface area contributed by atoms with Gasteiger partial charge in [0.05, 0.1) is 21.6 Å². The third kappa shape index (κ3) is 7.12. The van der Waals surface area contributed by atoms with E-state index >= 15 is 0 Å². The van der Waals surface area contributed by atoms with Gasteiger partial charge in [-0.15, -0.1) is 0 Å². The fourth-order valence-electron chi connectivity index (χ4n) is 3.73. The third-order valence-corrected chi connectivity index (χ3v) is 8.91. The number of hydrogen-bond acceptors (Lipinski definition) is 8. The smallest absolute Gasteiger partial charge is 0.339 e. The first-order chi connectivity index (χ1) is 19.0. The van der Waals surface area contributed by atoms with Gasteiger partial charge in [0.25, 0.3) is 11.1 Å². The van der Waals surface area contributed by atoms with Crippen molar-refractivity contribution in [1.82, 2.24) is 4.90 Å². The molecule has 1 fully saturated rings. The molecule has 0 aromatic heterocycles. The van der Waals surface area contributed by atoms with Crippen LogP contribution in [0, 0.1) is 17.4 Å². The van der Waals surface area contributed by atoms with Crippen molar-refractivity contribution in [1.29, 1.82) is 0 Å². The molecule has 3 aromatic rings. The quantitative estimate of drug-likeness (QED) is 0.128. The number of aryl methyl sites for hydroxylation is 2. The van der Waals surface area contributed by atoms with Gasteiger partial charge in [-0.05, 0) is 120 Å². The average molecular weight is 714 g/mol. The van der Waals surface area contributed by atoms with Crippen LogP contribution < -0.4 is 13.7 Å². The van der Waals surface area contributed by atoms with Crippen molar-refractivity contribution in [3.8, 4) is 17.2 Å². The minimum atomic E-state index is -4.17. The van der Waals surface area contributed by atoms with Gasteiger partial charge in [0.1, 0.15) is 17.3 Å². The number of ether oxygens (including phenoxy) is 2. The summed E-state index contributed by atoms with van der Waals surface area (Å²) >= 11 is 8.64. The van der Waals surface area contributed by atoms with E-state index in [4.69, 9.17) is 25.3 Å². The van der Waals surface area contributed by atoms with Gasteiger partial charge in [-0.25, -0.2) is 0 Å². The molecule has 0 bridgehead atoms. The van der Waals surface area contributed by atoms with Crippen LogP contribution in [-0.4, -0.2) is 44.2 Å². The molecule has 0 unspecified atom stereocenters. The highest BCUT2D eigenvalue weighted by Gasteiger charge is 2.35. The highest BCUT2D eigenvalue weighted by molar-refractivity contribution is 14.1. The topological polar surface area (TPSA) is 99.2 Å². The van der Waals surface area contributed by atoms with Crippen LogP contribution in [0.15, 0.2) is 64.4 Å². The van der Waals surface area contributed by atoms with Gasteiger partial charge in [-0.2, -0.15) is 8.42 Å². The summed E-state index contributed by atoms with van der Waals surface area (Å²) in [5, 5.41) is 0.000702. The van der Waals surface area contributed by atoms with Crippen LogP contribution in [0.3, 0.4) is 0 Å². The Labute approximate surface area is 255 Å². The molecule has 0 saturated carbocycles. The predicted molar refractivity (Wildman–Crippen MR) is 164 cm³/mol. The predicted octanol–water partition coefficient (Wildman–Crippen LogP) is 6.84. The van der Waals surface area contributed by atoms with E-state index in [0.717, 1.165) is 27.8 Å². The van der Waals surface area contributed by atoms with Crippen molar-refractivity contribution in [2.24, 2.45) is 0 Å². The summed E-state index contributed by atoms with van der Waals surface area (Å²) in [6.45, 7) is 6.15. The second-order valence-electron chi connectivity index (χ2n) is 8.71. The summed E-state index contributed by atoms with van der Waals surface area (Å²) in [6, 6.07) is 14.7. The fraction of sp³-hybridized carbons (Fsp3) is 0.214. The van der Waals surface area contributed by atoms with Gasteiger partial charge in [-0.3, -0.25) is 14.5 Å². The summed E-state index contributed by atoms with van der Waals surface area (Å²) < 4.78 is 43.1. The SMILES string of the molecule is CCOc1cc(/C=C2\SC(=O)N(CCOc3cc(C)ccc3C)C2=O)cc(I)c1OS(=O)(=O)c1ccc(Cl)cc1. The Morgan fingerprint density at radius 1 is 1.00 bits per heavy atom. The van der Waals surface area contributed by atoms with Crippen molar-refractivity contribution < 1.29 is 31.7 Å². The average Bonchev–Trinajstić information content (AvgIpc) is 3.16. The number of rotatable bonds is 10. The number of carbonyl (C=O) groups is 2. The van der Waals surface area contributed by atoms with Crippen LogP contribution >= 0.6 is 46.0 Å². The van der Waals surface area contributed by atoms with E-state index in [1.54, 1.807) is 25.1 Å². The molecule has 2 amide bonds. The maximum absolute atomic E-state index is 13.0. The molecule has 40 heavy (non-hydrogen) atoms. The molecule has 4 rings (SSSR count). The summed E-state index contributed by atoms with van der Waals surface area (Å²) in [5.74, 6) is 0.477. The number of amides is 2. The standard InChI is InChI=1S/C28H25ClINO7S2/c1-4-36-24-15-19(14-22(30)26(24)38-40(34,35)21-9-7-20(29)8-10-21)16-25-27(32)31(28(33)39-25)11-12-37-23-13-17(2)5-6-18(23)3/h5-10,13-16H,4,11-12H2,1-3H3/b25-16-. The second-order valence-corrected chi connectivity index (χ2v) is 12.8. The molecule has 0 aliphatic carbocycles. The molecule has 12 heteroatoms. The molecular formula is C28H25ClINO7S2. The van der Waals surface area contributed by atoms with Crippen LogP contribution in [0.2, 0.25) is 5.02 Å². The Hall–Kier alpha value is -2.74. The molecule has 8 nitrogen and oxygen atoms in total. The Balaban J connectivity index is 1.52. The minimum absolute atomic E-state index is 0.0197. The van der Waals surface area contributed by atoms with Crippen LogP contribution in [0.5, 0.6) is 17.2 Å². The monoisotopic (exact) mass is 713 g/mol. The molecule has 1 heterocycles. The number of benzene rings is 3. The summed E-state index contributed by atoms with van der Waals surface area (Å²) in [7, 11) is -4.17. The fourth-order valence-corrected chi connectivity index (χ4v) is 6.56. The maximum atomic E-state index is 13.0. The Morgan fingerprint density at radius 2 is 1.73 bits per heavy atom. The highest BCUT2D eigenvalue weighted by Crippen LogP contribution is 2.39. The van der Waals surface area contributed by atoms with E-state index < -0.39 is 21.3 Å². The first kappa shape index (κ1) is 30.2. The summed E-state index contributed by atoms with van der Waals surface area (Å²) in [4.78, 5) is 26.9. The van der Waals surface area contributed by atoms with Crippen LogP contribution in [-0.2, 0) is 14.9 Å². The number of nitrogens with zero attached hydrogens (tertiary/aromatic N) is 1. The zero-order valence-corrected chi connectivity index (χ0v) is 26.3. The number of imide groups is 1. The van der Waals surface area contributed by atoms with E-state index in [0.29, 0.717) is 19.9 Å². The molecule has 0 N–H and O–H groups in total. The van der Waals surface area contributed by atoms with Gasteiger partial charge in [0.15, 0.2) is 11.5 Å². The van der Waals surface area contributed by atoms with Gasteiger partial charge >= 0.3 is 10.1 Å². The highest BCUT2D eigenvalue weighted by atomic mass is 127. The van der Waals surface area contributed by atoms with Crippen molar-refractivity contribution in [2.75, 3.05) is 19.8 Å². The van der Waals surface area contributed by atoms with E-state index in [-0.39, 0.29) is 41.1 Å². The molecule has 0 radical (unpaired) electrons. The van der Waals surface area contributed by atoms with Gasteiger partial charge in [0.2, 0.25) is 0 Å². The zero-order chi connectivity index (χ0) is 29.0. The Morgan fingerprint density at radius 3 is 2.42 bits per heavy atom. The van der Waals surface area contributed by atoms with E-state index in [1.165, 1.54) is 24.3 Å². The minimum Gasteiger partial charge on any atom is -0.491 e. The third-order valence-electron chi connectivity index (χ3n) is 5.71. The zero-order valence-electron chi connectivity index (χ0n) is 21.8. The van der Waals surface area contributed by atoms with E-state index in [2.05, 4.69) is 0 Å². The molecular weight excluding hydrogens is 689 g/mol. The van der Waals surface area contributed by atoms with Crippen LogP contribution in [0.25, 0.3) is 6.08 Å². The molecule has 210 valence electrons. The molecule has 1 aliphatic heterocycles. The van der Waals surface area contributed by atoms with Crippen molar-refractivity contribution in [3.63, 3.8) is 0 Å². The van der Waals surface area contributed by atoms with Gasteiger partial charge in [0, 0.05) is 5.02 Å². The molecule has 3 aromatic carbocycles. The first-order valence-corrected chi connectivity index (χ1v) is 15.8. The lowest BCUT2D eigenvalue weighted by atomic mass is 10.1. The molecule has 0 spiro atoms. The van der Waals surface area contributed by atoms with Crippen molar-refractivity contribution >= 4 is 73.3 Å². The van der Waals surface area contributed by atoms with Crippen LogP contribution in [0.4, 0.5) is 4.79 Å². The Bertz CT molecular complexity index is 1590. The summed E-state index contributed by atoms with van der Waals surface area (Å²) in [5.41, 5.74) is 2.56. The van der Waals surface area contributed by atoms with Crippen molar-refractivity contribution in [2.45, 2.75) is 25.7 Å². The van der Waals surface area contributed by atoms with Gasteiger partial charge < -0.3 is 13.7 Å². The molecule has 1 aliphatic rings. The number of carbonyl (C=O) groups excluding carboxylic acids is 2. The maximum Gasteiger partial charge on any atom is 0.339 e. The normalized spacial score (nSPS) is 14.6. The lowest BCUT2D eigenvalue weighted by molar-refractivity contribution is -0.123. The second kappa shape index (κ2) is 12.8. The van der Waals surface area contributed by atoms with Crippen molar-refractivity contribution in [3.05, 3.63) is 84.8 Å². The molecule has 1 saturated heterocycles. The lowest BCUT2D eigenvalue weighted by Gasteiger charge is -2.15. The Kier molecular flexibility index (Phi) is 9.70. The van der Waals surface area contributed by atoms with Gasteiger partial charge in [-0.1, -0.05) is 23.7 Å². The van der Waals surface area contributed by atoms with E-state index in [9.17, 15) is 18.0 Å². The van der Waals surface area contributed by atoms with Crippen LogP contribution in [0.1, 0.15) is 23.6 Å².